The van der Waals surface area contributed by atoms with E-state index in [0.717, 1.165) is 25.2 Å². The van der Waals surface area contributed by atoms with Crippen molar-refractivity contribution in [3.63, 3.8) is 0 Å². The summed E-state index contributed by atoms with van der Waals surface area (Å²) in [6, 6.07) is 0.561. The van der Waals surface area contributed by atoms with E-state index in [1.165, 1.54) is 43.4 Å². The van der Waals surface area contributed by atoms with E-state index in [9.17, 15) is 0 Å². The van der Waals surface area contributed by atoms with Gasteiger partial charge in [-0.1, -0.05) is 6.42 Å². The molecule has 2 aliphatic rings. The number of aryl methyl sites for hydroxylation is 1. The van der Waals surface area contributed by atoms with Crippen LogP contribution in [0.1, 0.15) is 43.4 Å². The number of nitrogens with two attached hydrogens (primary N) is 1. The summed E-state index contributed by atoms with van der Waals surface area (Å²) in [5.74, 6) is 1.79. The van der Waals surface area contributed by atoms with Crippen molar-refractivity contribution < 1.29 is 0 Å². The van der Waals surface area contributed by atoms with E-state index in [-0.39, 0.29) is 0 Å². The monoisotopic (exact) mass is 260 g/mol. The lowest BCUT2D eigenvalue weighted by atomic mass is 9.95. The Morgan fingerprint density at radius 1 is 1.21 bits per heavy atom. The van der Waals surface area contributed by atoms with Crippen molar-refractivity contribution in [1.29, 1.82) is 0 Å². The maximum atomic E-state index is 5.92. The van der Waals surface area contributed by atoms with Crippen LogP contribution in [-0.4, -0.2) is 29.6 Å². The van der Waals surface area contributed by atoms with Crippen LogP contribution in [0.4, 0.5) is 5.82 Å². The first-order chi connectivity index (χ1) is 9.31. The van der Waals surface area contributed by atoms with E-state index in [4.69, 9.17) is 5.73 Å². The molecule has 1 fully saturated rings. The van der Waals surface area contributed by atoms with Crippen LogP contribution in [0.5, 0.6) is 0 Å². The SMILES string of the molecule is CN(c1ncnc2c1CCCC2)C1CCCC1CN. The molecule has 2 unspecified atom stereocenters. The van der Waals surface area contributed by atoms with Gasteiger partial charge in [-0.05, 0) is 51.0 Å². The molecule has 4 heteroatoms. The lowest BCUT2D eigenvalue weighted by Crippen LogP contribution is -2.39. The van der Waals surface area contributed by atoms with Gasteiger partial charge in [0.2, 0.25) is 0 Å². The van der Waals surface area contributed by atoms with Gasteiger partial charge in [-0.2, -0.15) is 0 Å². The molecule has 0 spiro atoms. The van der Waals surface area contributed by atoms with Gasteiger partial charge in [0, 0.05) is 24.3 Å². The summed E-state index contributed by atoms with van der Waals surface area (Å²) < 4.78 is 0. The molecule has 0 saturated heterocycles. The normalized spacial score (nSPS) is 26.2. The Hall–Kier alpha value is -1.16. The van der Waals surface area contributed by atoms with Gasteiger partial charge in [-0.15, -0.1) is 0 Å². The molecule has 0 bridgehead atoms. The van der Waals surface area contributed by atoms with Crippen molar-refractivity contribution in [3.8, 4) is 0 Å². The molecule has 1 saturated carbocycles. The van der Waals surface area contributed by atoms with E-state index in [1.807, 2.05) is 0 Å². The van der Waals surface area contributed by atoms with Gasteiger partial charge < -0.3 is 10.6 Å². The number of fused-ring (bicyclic) bond motifs is 1. The third kappa shape index (κ3) is 2.34. The van der Waals surface area contributed by atoms with Gasteiger partial charge in [-0.3, -0.25) is 0 Å². The number of nitrogens with zero attached hydrogens (tertiary/aromatic N) is 3. The zero-order valence-corrected chi connectivity index (χ0v) is 11.8. The van der Waals surface area contributed by atoms with Crippen LogP contribution in [0, 0.1) is 5.92 Å². The zero-order chi connectivity index (χ0) is 13.2. The van der Waals surface area contributed by atoms with Crippen LogP contribution in [0.2, 0.25) is 0 Å². The molecule has 1 aromatic heterocycles. The number of hydrogen-bond acceptors (Lipinski definition) is 4. The van der Waals surface area contributed by atoms with E-state index >= 15 is 0 Å². The summed E-state index contributed by atoms with van der Waals surface area (Å²) in [7, 11) is 2.19. The lowest BCUT2D eigenvalue weighted by Gasteiger charge is -2.32. The fraction of sp³-hybridized carbons (Fsp3) is 0.733. The minimum atomic E-state index is 0.561. The molecule has 0 radical (unpaired) electrons. The zero-order valence-electron chi connectivity index (χ0n) is 11.8. The molecule has 2 atom stereocenters. The highest BCUT2D eigenvalue weighted by Crippen LogP contribution is 2.34. The first-order valence-electron chi connectivity index (χ1n) is 7.57. The predicted octanol–water partition coefficient (Wildman–Crippen LogP) is 1.92. The summed E-state index contributed by atoms with van der Waals surface area (Å²) >= 11 is 0. The number of hydrogen-bond donors (Lipinski definition) is 1. The van der Waals surface area contributed by atoms with Gasteiger partial charge in [0.15, 0.2) is 0 Å². The van der Waals surface area contributed by atoms with Gasteiger partial charge in [-0.25, -0.2) is 9.97 Å². The number of aromatic nitrogens is 2. The van der Waals surface area contributed by atoms with Gasteiger partial charge in [0.1, 0.15) is 12.1 Å². The molecule has 0 aromatic carbocycles. The molecule has 1 aromatic rings. The second kappa shape index (κ2) is 5.45. The molecule has 2 N–H and O–H groups in total. The molecule has 1 heterocycles. The van der Waals surface area contributed by atoms with Crippen LogP contribution < -0.4 is 10.6 Å². The van der Waals surface area contributed by atoms with Crippen molar-refractivity contribution in [3.05, 3.63) is 17.6 Å². The van der Waals surface area contributed by atoms with Gasteiger partial charge >= 0.3 is 0 Å². The maximum Gasteiger partial charge on any atom is 0.135 e. The van der Waals surface area contributed by atoms with Crippen LogP contribution in [-0.2, 0) is 12.8 Å². The number of anilines is 1. The topological polar surface area (TPSA) is 55.0 Å². The molecule has 0 aliphatic heterocycles. The summed E-state index contributed by atoms with van der Waals surface area (Å²) in [5.41, 5.74) is 8.58. The van der Waals surface area contributed by atoms with Crippen molar-refractivity contribution >= 4 is 5.82 Å². The quantitative estimate of drug-likeness (QED) is 0.902. The molecular formula is C15H24N4. The Kier molecular flexibility index (Phi) is 3.69. The van der Waals surface area contributed by atoms with E-state index in [0.29, 0.717) is 12.0 Å². The Bertz CT molecular complexity index is 446. The summed E-state index contributed by atoms with van der Waals surface area (Å²) in [6.07, 6.45) is 10.3. The molecule has 104 valence electrons. The summed E-state index contributed by atoms with van der Waals surface area (Å²) in [4.78, 5) is 11.4. The third-order valence-electron chi connectivity index (χ3n) is 4.86. The molecule has 0 amide bonds. The average Bonchev–Trinajstić information content (AvgIpc) is 2.94. The Balaban J connectivity index is 1.89. The van der Waals surface area contributed by atoms with Crippen molar-refractivity contribution in [2.75, 3.05) is 18.5 Å². The minimum absolute atomic E-state index is 0.561. The predicted molar refractivity (Wildman–Crippen MR) is 77.3 cm³/mol. The van der Waals surface area contributed by atoms with E-state index in [1.54, 1.807) is 6.33 Å². The first-order valence-corrected chi connectivity index (χ1v) is 7.57. The Morgan fingerprint density at radius 3 is 2.89 bits per heavy atom. The van der Waals surface area contributed by atoms with Crippen LogP contribution in [0.25, 0.3) is 0 Å². The maximum absolute atomic E-state index is 5.92. The fourth-order valence-electron chi connectivity index (χ4n) is 3.77. The summed E-state index contributed by atoms with van der Waals surface area (Å²) in [5, 5.41) is 0. The second-order valence-corrected chi connectivity index (χ2v) is 5.93. The first kappa shape index (κ1) is 12.9. The second-order valence-electron chi connectivity index (χ2n) is 5.93. The molecule has 19 heavy (non-hydrogen) atoms. The Labute approximate surface area is 115 Å². The van der Waals surface area contributed by atoms with Crippen LogP contribution in [0.15, 0.2) is 6.33 Å². The fourth-order valence-corrected chi connectivity index (χ4v) is 3.77. The highest BCUT2D eigenvalue weighted by atomic mass is 15.2. The molecule has 2 aliphatic carbocycles. The number of rotatable bonds is 3. The smallest absolute Gasteiger partial charge is 0.135 e. The van der Waals surface area contributed by atoms with Gasteiger partial charge in [0.05, 0.1) is 0 Å². The van der Waals surface area contributed by atoms with E-state index < -0.39 is 0 Å². The molecular weight excluding hydrogens is 236 g/mol. The Morgan fingerprint density at radius 2 is 2.05 bits per heavy atom. The highest BCUT2D eigenvalue weighted by Gasteiger charge is 2.31. The van der Waals surface area contributed by atoms with Crippen LogP contribution >= 0.6 is 0 Å². The average molecular weight is 260 g/mol. The standard InChI is InChI=1S/C15H24N4/c1-19(14-8-4-5-11(14)9-16)15-12-6-2-3-7-13(12)17-10-18-15/h10-11,14H,2-9,16H2,1H3. The molecule has 4 nitrogen and oxygen atoms in total. The highest BCUT2D eigenvalue weighted by molar-refractivity contribution is 5.50. The van der Waals surface area contributed by atoms with Crippen molar-refractivity contribution in [1.82, 2.24) is 9.97 Å². The van der Waals surface area contributed by atoms with Gasteiger partial charge in [0.25, 0.3) is 0 Å². The third-order valence-corrected chi connectivity index (χ3v) is 4.86. The van der Waals surface area contributed by atoms with Crippen molar-refractivity contribution in [2.24, 2.45) is 11.7 Å². The largest absolute Gasteiger partial charge is 0.356 e. The van der Waals surface area contributed by atoms with E-state index in [2.05, 4.69) is 21.9 Å². The molecule has 3 rings (SSSR count). The lowest BCUT2D eigenvalue weighted by molar-refractivity contribution is 0.470. The van der Waals surface area contributed by atoms with Crippen molar-refractivity contribution in [2.45, 2.75) is 51.0 Å². The summed E-state index contributed by atoms with van der Waals surface area (Å²) in [6.45, 7) is 0.794. The minimum Gasteiger partial charge on any atom is -0.356 e. The van der Waals surface area contributed by atoms with Crippen LogP contribution in [0.3, 0.4) is 0 Å².